The van der Waals surface area contributed by atoms with Crippen molar-refractivity contribution >= 4 is 11.8 Å². The van der Waals surface area contributed by atoms with Crippen molar-refractivity contribution in [3.8, 4) is 0 Å². The van der Waals surface area contributed by atoms with E-state index in [0.717, 1.165) is 19.3 Å². The number of hydrogen-bond donors (Lipinski definition) is 2. The number of amides is 2. The summed E-state index contributed by atoms with van der Waals surface area (Å²) in [7, 11) is 0. The van der Waals surface area contributed by atoms with Gasteiger partial charge in [-0.2, -0.15) is 0 Å². The van der Waals surface area contributed by atoms with Crippen molar-refractivity contribution in [2.45, 2.75) is 73.8 Å². The number of rotatable bonds is 5. The van der Waals surface area contributed by atoms with Crippen LogP contribution in [-0.4, -0.2) is 24.4 Å². The lowest BCUT2D eigenvalue weighted by atomic mass is 9.62. The van der Waals surface area contributed by atoms with E-state index >= 15 is 0 Å². The second-order valence-corrected chi connectivity index (χ2v) is 8.79. The normalized spacial score (nSPS) is 27.8. The molecule has 0 unspecified atom stereocenters. The van der Waals surface area contributed by atoms with Gasteiger partial charge in [0, 0.05) is 24.4 Å². The van der Waals surface area contributed by atoms with Crippen LogP contribution in [0.25, 0.3) is 0 Å². The van der Waals surface area contributed by atoms with Crippen molar-refractivity contribution in [3.05, 3.63) is 0 Å². The molecule has 0 aliphatic heterocycles. The molecule has 22 heavy (non-hydrogen) atoms. The standard InChI is InChI=1S/C18H34N2O2/c1-12(2)15(21)19-11-18(7)9-14(8-17(5,6)10-18)20-16(22)13(3)4/h12-14H,8-11H2,1-7H3,(H,19,21)(H,20,22)/t14-,18-/m1/s1. The highest BCUT2D eigenvalue weighted by Gasteiger charge is 2.41. The molecule has 1 rings (SSSR count). The summed E-state index contributed by atoms with van der Waals surface area (Å²) in [6.45, 7) is 15.1. The van der Waals surface area contributed by atoms with Crippen molar-refractivity contribution in [1.82, 2.24) is 10.6 Å². The van der Waals surface area contributed by atoms with Crippen LogP contribution in [0.15, 0.2) is 0 Å². The van der Waals surface area contributed by atoms with Gasteiger partial charge in [-0.3, -0.25) is 9.59 Å². The molecular weight excluding hydrogens is 276 g/mol. The molecule has 1 aliphatic rings. The minimum absolute atomic E-state index is 0.0108. The number of carbonyl (C=O) groups is 2. The highest BCUT2D eigenvalue weighted by molar-refractivity contribution is 5.78. The number of nitrogens with one attached hydrogen (secondary N) is 2. The maximum absolute atomic E-state index is 12.0. The molecule has 0 spiro atoms. The SMILES string of the molecule is CC(C)C(=O)NC[C@]1(C)C[C@H](NC(=O)C(C)C)CC(C)(C)C1. The van der Waals surface area contributed by atoms with Gasteiger partial charge in [-0.15, -0.1) is 0 Å². The van der Waals surface area contributed by atoms with Gasteiger partial charge in [0.05, 0.1) is 0 Å². The van der Waals surface area contributed by atoms with E-state index in [2.05, 4.69) is 31.4 Å². The third-order valence-electron chi connectivity index (χ3n) is 4.53. The summed E-state index contributed by atoms with van der Waals surface area (Å²) in [6, 6.07) is 0.194. The minimum atomic E-state index is 0.0108. The highest BCUT2D eigenvalue weighted by atomic mass is 16.2. The van der Waals surface area contributed by atoms with E-state index in [9.17, 15) is 9.59 Å². The number of hydrogen-bond acceptors (Lipinski definition) is 2. The van der Waals surface area contributed by atoms with E-state index in [4.69, 9.17) is 0 Å². The summed E-state index contributed by atoms with van der Waals surface area (Å²) >= 11 is 0. The lowest BCUT2D eigenvalue weighted by Crippen LogP contribution is -2.51. The zero-order valence-corrected chi connectivity index (χ0v) is 15.4. The maximum Gasteiger partial charge on any atom is 0.222 e. The van der Waals surface area contributed by atoms with Crippen LogP contribution in [0.4, 0.5) is 0 Å². The monoisotopic (exact) mass is 310 g/mol. The molecule has 4 heteroatoms. The molecule has 2 atom stereocenters. The summed E-state index contributed by atoms with van der Waals surface area (Å²) in [5.41, 5.74) is 0.200. The van der Waals surface area contributed by atoms with Gasteiger partial charge in [0.2, 0.25) is 11.8 Å². The summed E-state index contributed by atoms with van der Waals surface area (Å²) in [6.07, 6.45) is 2.98. The van der Waals surface area contributed by atoms with Gasteiger partial charge < -0.3 is 10.6 Å². The van der Waals surface area contributed by atoms with E-state index in [1.807, 2.05) is 27.7 Å². The first-order valence-corrected chi connectivity index (χ1v) is 8.52. The second-order valence-electron chi connectivity index (χ2n) is 8.79. The van der Waals surface area contributed by atoms with Gasteiger partial charge >= 0.3 is 0 Å². The first-order chi connectivity index (χ1) is 9.94. The fourth-order valence-corrected chi connectivity index (χ4v) is 3.74. The van der Waals surface area contributed by atoms with Crippen LogP contribution in [0.2, 0.25) is 0 Å². The topological polar surface area (TPSA) is 58.2 Å². The quantitative estimate of drug-likeness (QED) is 0.819. The summed E-state index contributed by atoms with van der Waals surface area (Å²) in [5, 5.41) is 6.26. The van der Waals surface area contributed by atoms with E-state index in [1.165, 1.54) is 0 Å². The Labute approximate surface area is 135 Å². The first-order valence-electron chi connectivity index (χ1n) is 8.52. The molecule has 0 heterocycles. The lowest BCUT2D eigenvalue weighted by molar-refractivity contribution is -0.127. The lowest BCUT2D eigenvalue weighted by Gasteiger charge is -2.47. The summed E-state index contributed by atoms with van der Waals surface area (Å²) < 4.78 is 0. The Morgan fingerprint density at radius 1 is 1.00 bits per heavy atom. The third-order valence-corrected chi connectivity index (χ3v) is 4.53. The van der Waals surface area contributed by atoms with Gasteiger partial charge in [0.25, 0.3) is 0 Å². The Morgan fingerprint density at radius 3 is 2.05 bits per heavy atom. The van der Waals surface area contributed by atoms with Crippen molar-refractivity contribution in [2.24, 2.45) is 22.7 Å². The molecule has 0 saturated heterocycles. The van der Waals surface area contributed by atoms with Gasteiger partial charge in [-0.1, -0.05) is 48.5 Å². The predicted molar refractivity (Wildman–Crippen MR) is 90.4 cm³/mol. The van der Waals surface area contributed by atoms with Crippen LogP contribution >= 0.6 is 0 Å². The van der Waals surface area contributed by atoms with Crippen LogP contribution in [0, 0.1) is 22.7 Å². The molecule has 1 aliphatic carbocycles. The van der Waals surface area contributed by atoms with Crippen LogP contribution < -0.4 is 10.6 Å². The van der Waals surface area contributed by atoms with Crippen LogP contribution in [0.5, 0.6) is 0 Å². The maximum atomic E-state index is 12.0. The molecule has 4 nitrogen and oxygen atoms in total. The van der Waals surface area contributed by atoms with E-state index < -0.39 is 0 Å². The molecule has 0 aromatic carbocycles. The molecule has 0 bridgehead atoms. The van der Waals surface area contributed by atoms with Gasteiger partial charge in [-0.05, 0) is 30.1 Å². The Balaban J connectivity index is 2.73. The average molecular weight is 310 g/mol. The van der Waals surface area contributed by atoms with E-state index in [0.29, 0.717) is 6.54 Å². The molecule has 1 fully saturated rings. The summed E-state index contributed by atoms with van der Waals surface area (Å²) in [4.78, 5) is 23.9. The van der Waals surface area contributed by atoms with Crippen molar-refractivity contribution in [3.63, 3.8) is 0 Å². The van der Waals surface area contributed by atoms with E-state index in [-0.39, 0.29) is 40.5 Å². The number of carbonyl (C=O) groups excluding carboxylic acids is 2. The Hall–Kier alpha value is -1.06. The Morgan fingerprint density at radius 2 is 1.55 bits per heavy atom. The minimum Gasteiger partial charge on any atom is -0.355 e. The van der Waals surface area contributed by atoms with E-state index in [1.54, 1.807) is 0 Å². The summed E-state index contributed by atoms with van der Waals surface area (Å²) in [5.74, 6) is 0.247. The van der Waals surface area contributed by atoms with Crippen molar-refractivity contribution in [2.75, 3.05) is 6.54 Å². The molecule has 0 aromatic rings. The van der Waals surface area contributed by atoms with Gasteiger partial charge in [0.15, 0.2) is 0 Å². The molecule has 128 valence electrons. The third kappa shape index (κ3) is 5.62. The Bertz CT molecular complexity index is 415. The largest absolute Gasteiger partial charge is 0.355 e. The average Bonchev–Trinajstić information content (AvgIpc) is 2.33. The molecule has 0 aromatic heterocycles. The molecule has 0 radical (unpaired) electrons. The van der Waals surface area contributed by atoms with Gasteiger partial charge in [-0.25, -0.2) is 0 Å². The smallest absolute Gasteiger partial charge is 0.222 e. The fraction of sp³-hybridized carbons (Fsp3) is 0.889. The van der Waals surface area contributed by atoms with Crippen molar-refractivity contribution < 1.29 is 9.59 Å². The van der Waals surface area contributed by atoms with Gasteiger partial charge in [0.1, 0.15) is 0 Å². The van der Waals surface area contributed by atoms with Crippen LogP contribution in [0.3, 0.4) is 0 Å². The predicted octanol–water partition coefficient (Wildman–Crippen LogP) is 3.12. The van der Waals surface area contributed by atoms with Crippen molar-refractivity contribution in [1.29, 1.82) is 0 Å². The first kappa shape index (κ1) is 19.0. The Kier molecular flexibility index (Phi) is 6.05. The van der Waals surface area contributed by atoms with Crippen LogP contribution in [0.1, 0.15) is 67.7 Å². The molecular formula is C18H34N2O2. The highest BCUT2D eigenvalue weighted by Crippen LogP contribution is 2.45. The molecule has 1 saturated carbocycles. The zero-order valence-electron chi connectivity index (χ0n) is 15.4. The second kappa shape index (κ2) is 7.01. The fourth-order valence-electron chi connectivity index (χ4n) is 3.74. The molecule has 2 amide bonds. The van der Waals surface area contributed by atoms with Crippen LogP contribution in [-0.2, 0) is 9.59 Å². The molecule has 2 N–H and O–H groups in total. The zero-order chi connectivity index (χ0) is 17.1.